The van der Waals surface area contributed by atoms with Gasteiger partial charge in [0.1, 0.15) is 23.7 Å². The maximum Gasteiger partial charge on any atom is 0.185 e. The largest absolute Gasteiger partial charge is 0.492 e. The number of carbonyl (C=O) groups excluding carboxylic acids is 1. The monoisotopic (exact) mass is 533 g/mol. The molecule has 0 unspecified atom stereocenters. The van der Waals surface area contributed by atoms with Crippen molar-refractivity contribution in [2.24, 2.45) is 0 Å². The Balaban J connectivity index is 1.13. The van der Waals surface area contributed by atoms with Crippen LogP contribution >= 0.6 is 0 Å². The SMILES string of the molecule is CN1CCN(CCOc2ccn3c(C(=O)Cc4cccc5c4cnn5Cc4cccc(C#N)c4)cnc3c2)CC1. The number of piperazine rings is 1. The van der Waals surface area contributed by atoms with E-state index in [1.165, 1.54) is 0 Å². The molecule has 0 spiro atoms. The summed E-state index contributed by atoms with van der Waals surface area (Å²) in [5.74, 6) is 0.738. The number of nitrogens with zero attached hydrogens (tertiary/aromatic N) is 7. The molecule has 3 aromatic heterocycles. The lowest BCUT2D eigenvalue weighted by atomic mass is 10.0. The standard InChI is InChI=1S/C31H31N7O2/c1-35-10-12-36(13-11-35)14-15-40-26-8-9-37-29(21-33-31(37)18-26)30(39)17-25-6-3-7-28-27(25)20-34-38(28)22-24-5-2-4-23(16-24)19-32/h2-9,16,18,20-21H,10-15,17,22H2,1H3. The first-order valence-corrected chi connectivity index (χ1v) is 13.5. The van der Waals surface area contributed by atoms with Crippen LogP contribution in [0.15, 0.2) is 73.2 Å². The highest BCUT2D eigenvalue weighted by Crippen LogP contribution is 2.23. The molecular weight excluding hydrogens is 502 g/mol. The molecule has 0 radical (unpaired) electrons. The lowest BCUT2D eigenvalue weighted by Gasteiger charge is -2.32. The quantitative estimate of drug-likeness (QED) is 0.267. The molecule has 9 nitrogen and oxygen atoms in total. The number of likely N-dealkylation sites (N-methyl/N-ethyl adjacent to an activating group) is 1. The van der Waals surface area contributed by atoms with Gasteiger partial charge >= 0.3 is 0 Å². The Morgan fingerprint density at radius 3 is 2.75 bits per heavy atom. The molecule has 0 amide bonds. The zero-order valence-corrected chi connectivity index (χ0v) is 22.5. The minimum absolute atomic E-state index is 0.0155. The number of imidazole rings is 1. The van der Waals surface area contributed by atoms with E-state index in [1.54, 1.807) is 12.3 Å². The second-order valence-corrected chi connectivity index (χ2v) is 10.3. The van der Waals surface area contributed by atoms with Gasteiger partial charge in [-0.3, -0.25) is 18.8 Å². The summed E-state index contributed by atoms with van der Waals surface area (Å²) in [5.41, 5.74) is 4.71. The molecule has 6 rings (SSSR count). The van der Waals surface area contributed by atoms with Gasteiger partial charge in [0, 0.05) is 56.8 Å². The van der Waals surface area contributed by atoms with E-state index in [1.807, 2.05) is 70.0 Å². The molecule has 0 aliphatic carbocycles. The molecule has 0 N–H and O–H groups in total. The molecule has 0 bridgehead atoms. The second-order valence-electron chi connectivity index (χ2n) is 10.3. The van der Waals surface area contributed by atoms with Crippen LogP contribution in [0, 0.1) is 11.3 Å². The van der Waals surface area contributed by atoms with E-state index in [0.717, 1.165) is 60.5 Å². The Kier molecular flexibility index (Phi) is 7.27. The summed E-state index contributed by atoms with van der Waals surface area (Å²) in [6, 6.07) is 19.4. The molecule has 9 heteroatoms. The number of hydrogen-bond donors (Lipinski definition) is 0. The third-order valence-corrected chi connectivity index (χ3v) is 7.56. The van der Waals surface area contributed by atoms with Crippen molar-refractivity contribution >= 4 is 22.3 Å². The van der Waals surface area contributed by atoms with Crippen LogP contribution in [0.1, 0.15) is 27.2 Å². The number of pyridine rings is 1. The Morgan fingerprint density at radius 2 is 1.90 bits per heavy atom. The summed E-state index contributed by atoms with van der Waals surface area (Å²) in [5, 5.41) is 14.7. The maximum absolute atomic E-state index is 13.4. The molecule has 1 saturated heterocycles. The summed E-state index contributed by atoms with van der Waals surface area (Å²) >= 11 is 0. The number of rotatable bonds is 9. The normalized spacial score (nSPS) is 14.5. The van der Waals surface area contributed by atoms with E-state index >= 15 is 0 Å². The van der Waals surface area contributed by atoms with Gasteiger partial charge in [0.05, 0.1) is 36.1 Å². The fourth-order valence-electron chi connectivity index (χ4n) is 5.24. The average molecular weight is 534 g/mol. The van der Waals surface area contributed by atoms with Gasteiger partial charge in [-0.25, -0.2) is 4.98 Å². The van der Waals surface area contributed by atoms with Gasteiger partial charge in [0.2, 0.25) is 0 Å². The predicted molar refractivity (Wildman–Crippen MR) is 153 cm³/mol. The van der Waals surface area contributed by atoms with Crippen molar-refractivity contribution in [1.29, 1.82) is 5.26 Å². The Bertz CT molecular complexity index is 1710. The molecule has 5 aromatic rings. The first kappa shape index (κ1) is 25.7. The minimum Gasteiger partial charge on any atom is -0.492 e. The third-order valence-electron chi connectivity index (χ3n) is 7.56. The Hall–Kier alpha value is -4.52. The van der Waals surface area contributed by atoms with E-state index in [9.17, 15) is 10.1 Å². The Morgan fingerprint density at radius 1 is 1.05 bits per heavy atom. The van der Waals surface area contributed by atoms with Crippen LogP contribution in [0.25, 0.3) is 16.6 Å². The van der Waals surface area contributed by atoms with Gasteiger partial charge in [-0.15, -0.1) is 0 Å². The number of carbonyl (C=O) groups is 1. The molecule has 202 valence electrons. The van der Waals surface area contributed by atoms with Crippen molar-refractivity contribution in [1.82, 2.24) is 29.0 Å². The maximum atomic E-state index is 13.4. The Labute approximate surface area is 232 Å². The van der Waals surface area contributed by atoms with Crippen LogP contribution in [0.4, 0.5) is 0 Å². The lowest BCUT2D eigenvalue weighted by Crippen LogP contribution is -2.45. The van der Waals surface area contributed by atoms with Crippen molar-refractivity contribution in [2.75, 3.05) is 46.4 Å². The molecule has 40 heavy (non-hydrogen) atoms. The highest BCUT2D eigenvalue weighted by molar-refractivity contribution is 5.99. The molecule has 0 atom stereocenters. The van der Waals surface area contributed by atoms with Crippen molar-refractivity contribution in [3.8, 4) is 11.8 Å². The van der Waals surface area contributed by atoms with Crippen LogP contribution in [-0.4, -0.2) is 81.1 Å². The van der Waals surface area contributed by atoms with Gasteiger partial charge in [-0.05, 0) is 42.4 Å². The minimum atomic E-state index is -0.0155. The molecule has 4 heterocycles. The smallest absolute Gasteiger partial charge is 0.185 e. The number of Topliss-reactive ketones (excluding diaryl/α,β-unsaturated/α-hetero) is 1. The van der Waals surface area contributed by atoms with Crippen molar-refractivity contribution in [3.63, 3.8) is 0 Å². The van der Waals surface area contributed by atoms with Gasteiger partial charge in [-0.1, -0.05) is 24.3 Å². The molecule has 0 saturated carbocycles. The van der Waals surface area contributed by atoms with Gasteiger partial charge in [-0.2, -0.15) is 10.4 Å². The van der Waals surface area contributed by atoms with Crippen LogP contribution in [0.3, 0.4) is 0 Å². The van der Waals surface area contributed by atoms with E-state index in [4.69, 9.17) is 4.74 Å². The average Bonchev–Trinajstić information content (AvgIpc) is 3.59. The molecular formula is C31H31N7O2. The number of aromatic nitrogens is 4. The summed E-state index contributed by atoms with van der Waals surface area (Å²) in [6.45, 7) is 6.37. The van der Waals surface area contributed by atoms with E-state index in [-0.39, 0.29) is 12.2 Å². The van der Waals surface area contributed by atoms with Crippen molar-refractivity contribution in [2.45, 2.75) is 13.0 Å². The number of ether oxygens (including phenoxy) is 1. The van der Waals surface area contributed by atoms with Crippen molar-refractivity contribution < 1.29 is 9.53 Å². The highest BCUT2D eigenvalue weighted by Gasteiger charge is 2.17. The molecule has 1 aliphatic heterocycles. The van der Waals surface area contributed by atoms with Crippen LogP contribution < -0.4 is 4.74 Å². The molecule has 1 aliphatic rings. The summed E-state index contributed by atoms with van der Waals surface area (Å²) < 4.78 is 9.72. The summed E-state index contributed by atoms with van der Waals surface area (Å²) in [7, 11) is 2.15. The van der Waals surface area contributed by atoms with Crippen LogP contribution in [0.5, 0.6) is 5.75 Å². The molecule has 1 fully saturated rings. The van der Waals surface area contributed by atoms with Crippen LogP contribution in [0.2, 0.25) is 0 Å². The first-order chi connectivity index (χ1) is 19.6. The number of fused-ring (bicyclic) bond motifs is 2. The molecule has 2 aromatic carbocycles. The van der Waals surface area contributed by atoms with Gasteiger partial charge < -0.3 is 9.64 Å². The second kappa shape index (κ2) is 11.3. The lowest BCUT2D eigenvalue weighted by molar-refractivity contribution is 0.0987. The third kappa shape index (κ3) is 5.45. The number of nitriles is 1. The zero-order valence-electron chi connectivity index (χ0n) is 22.5. The van der Waals surface area contributed by atoms with E-state index < -0.39 is 0 Å². The van der Waals surface area contributed by atoms with Gasteiger partial charge in [0.25, 0.3) is 0 Å². The predicted octanol–water partition coefficient (Wildman–Crippen LogP) is 3.66. The van der Waals surface area contributed by atoms with Gasteiger partial charge in [0.15, 0.2) is 5.78 Å². The fourth-order valence-corrected chi connectivity index (χ4v) is 5.24. The first-order valence-electron chi connectivity index (χ1n) is 13.5. The number of ketones is 1. The van der Waals surface area contributed by atoms with E-state index in [2.05, 4.69) is 33.0 Å². The number of benzene rings is 2. The number of hydrogen-bond acceptors (Lipinski definition) is 7. The highest BCUT2D eigenvalue weighted by atomic mass is 16.5. The summed E-state index contributed by atoms with van der Waals surface area (Å²) in [6.07, 6.45) is 5.54. The fraction of sp³-hybridized carbons (Fsp3) is 0.290. The van der Waals surface area contributed by atoms with E-state index in [0.29, 0.717) is 30.1 Å². The van der Waals surface area contributed by atoms with Crippen molar-refractivity contribution in [3.05, 3.63) is 95.6 Å². The zero-order chi connectivity index (χ0) is 27.5. The topological polar surface area (TPSA) is 91.7 Å². The van der Waals surface area contributed by atoms with Crippen LogP contribution in [-0.2, 0) is 13.0 Å². The summed E-state index contributed by atoms with van der Waals surface area (Å²) in [4.78, 5) is 22.6.